The number of rotatable bonds is 6. The summed E-state index contributed by atoms with van der Waals surface area (Å²) in [5.74, 6) is 0. The Bertz CT molecular complexity index is 865. The average molecular weight is 360 g/mol. The number of aryl methyl sites for hydroxylation is 2. The molecule has 1 unspecified atom stereocenters. The van der Waals surface area contributed by atoms with E-state index in [9.17, 15) is 13.7 Å². The zero-order valence-corrected chi connectivity index (χ0v) is 14.8. The number of benzene rings is 1. The molecule has 2 heterocycles. The minimum atomic E-state index is -3.85. The summed E-state index contributed by atoms with van der Waals surface area (Å²) in [5.41, 5.74) is -0.0553. The van der Waals surface area contributed by atoms with Crippen molar-refractivity contribution in [3.63, 3.8) is 0 Å². The second kappa shape index (κ2) is 6.96. The van der Waals surface area contributed by atoms with Crippen molar-refractivity contribution < 1.29 is 13.2 Å². The first-order valence-corrected chi connectivity index (χ1v) is 9.47. The lowest BCUT2D eigenvalue weighted by Gasteiger charge is -2.30. The molecule has 0 amide bonds. The highest BCUT2D eigenvalue weighted by Gasteiger charge is 2.46. The summed E-state index contributed by atoms with van der Waals surface area (Å²) in [6.45, 7) is 0.896. The van der Waals surface area contributed by atoms with E-state index in [1.54, 1.807) is 0 Å². The van der Waals surface area contributed by atoms with Crippen molar-refractivity contribution in [2.75, 3.05) is 20.3 Å². The molecule has 3 rings (SSSR count). The molecule has 1 aromatic heterocycles. The van der Waals surface area contributed by atoms with Gasteiger partial charge in [0.15, 0.2) is 5.03 Å². The molecule has 0 saturated carbocycles. The zero-order valence-electron chi connectivity index (χ0n) is 14.0. The molecule has 25 heavy (non-hydrogen) atoms. The topological polar surface area (TPSA) is 88.2 Å². The van der Waals surface area contributed by atoms with Gasteiger partial charge in [-0.1, -0.05) is 30.3 Å². The van der Waals surface area contributed by atoms with Crippen molar-refractivity contribution in [3.05, 3.63) is 48.2 Å². The summed E-state index contributed by atoms with van der Waals surface area (Å²) in [5, 5.41) is 13.8. The van der Waals surface area contributed by atoms with Crippen molar-refractivity contribution in [1.82, 2.24) is 14.1 Å². The Kier molecular flexibility index (Phi) is 4.90. The molecule has 7 nitrogen and oxygen atoms in total. The fourth-order valence-electron chi connectivity index (χ4n) is 2.92. The van der Waals surface area contributed by atoms with Crippen LogP contribution in [-0.4, -0.2) is 48.3 Å². The third-order valence-electron chi connectivity index (χ3n) is 4.57. The van der Waals surface area contributed by atoms with Crippen LogP contribution in [0.5, 0.6) is 0 Å². The molecule has 0 radical (unpaired) electrons. The van der Waals surface area contributed by atoms with E-state index >= 15 is 0 Å². The van der Waals surface area contributed by atoms with Crippen LogP contribution in [0.1, 0.15) is 12.0 Å². The van der Waals surface area contributed by atoms with Crippen LogP contribution in [0.3, 0.4) is 0 Å². The first kappa shape index (κ1) is 17.6. The largest absolute Gasteiger partial charge is 0.378 e. The van der Waals surface area contributed by atoms with Crippen LogP contribution in [0, 0.1) is 11.3 Å². The second-order valence-corrected chi connectivity index (χ2v) is 7.96. The monoisotopic (exact) mass is 360 g/mol. The quantitative estimate of drug-likeness (QED) is 0.777. The van der Waals surface area contributed by atoms with Gasteiger partial charge in [0.1, 0.15) is 5.54 Å². The van der Waals surface area contributed by atoms with Gasteiger partial charge < -0.3 is 4.74 Å². The Morgan fingerprint density at radius 2 is 2.12 bits per heavy atom. The van der Waals surface area contributed by atoms with Gasteiger partial charge in [-0.25, -0.2) is 8.42 Å². The van der Waals surface area contributed by atoms with E-state index in [0.29, 0.717) is 26.0 Å². The molecule has 0 aliphatic carbocycles. The number of likely N-dealkylation sites (N-methyl/N-ethyl adjacent to an activating group) is 1. The molecule has 1 saturated heterocycles. The molecular formula is C17H20N4O3S. The molecule has 0 N–H and O–H groups in total. The normalized spacial score (nSPS) is 20.7. The van der Waals surface area contributed by atoms with Crippen molar-refractivity contribution in [2.24, 2.45) is 0 Å². The highest BCUT2D eigenvalue weighted by molar-refractivity contribution is 7.89. The van der Waals surface area contributed by atoms with Gasteiger partial charge in [-0.3, -0.25) is 4.68 Å². The van der Waals surface area contributed by atoms with Crippen LogP contribution in [-0.2, 0) is 27.7 Å². The molecule has 0 spiro atoms. The Morgan fingerprint density at radius 3 is 2.76 bits per heavy atom. The van der Waals surface area contributed by atoms with Gasteiger partial charge in [-0.15, -0.1) is 0 Å². The molecule has 0 bridgehead atoms. The Balaban J connectivity index is 1.84. The SMILES string of the molecule is CN(C1(C#N)CCOC1)S(=O)(=O)c1ccnn1CCc1ccccc1. The van der Waals surface area contributed by atoms with Gasteiger partial charge in [0.05, 0.1) is 18.9 Å². The number of nitrogens with zero attached hydrogens (tertiary/aromatic N) is 4. The molecule has 1 aromatic carbocycles. The average Bonchev–Trinajstić information content (AvgIpc) is 3.30. The summed E-state index contributed by atoms with van der Waals surface area (Å²) in [4.78, 5) is 0. The summed E-state index contributed by atoms with van der Waals surface area (Å²) in [7, 11) is -2.42. The van der Waals surface area contributed by atoms with Gasteiger partial charge in [0.25, 0.3) is 10.0 Å². The molecule has 1 aliphatic rings. The van der Waals surface area contributed by atoms with E-state index < -0.39 is 15.6 Å². The van der Waals surface area contributed by atoms with E-state index in [1.807, 2.05) is 30.3 Å². The lowest BCUT2D eigenvalue weighted by Crippen LogP contribution is -2.49. The fourth-order valence-corrected chi connectivity index (χ4v) is 4.48. The molecule has 1 fully saturated rings. The van der Waals surface area contributed by atoms with E-state index in [0.717, 1.165) is 9.87 Å². The third kappa shape index (κ3) is 3.31. The smallest absolute Gasteiger partial charge is 0.261 e. The number of hydrogen-bond donors (Lipinski definition) is 0. The molecule has 132 valence electrons. The maximum atomic E-state index is 13.0. The Morgan fingerprint density at radius 1 is 1.36 bits per heavy atom. The van der Waals surface area contributed by atoms with Gasteiger partial charge in [-0.05, 0) is 18.1 Å². The maximum absolute atomic E-state index is 13.0. The number of aromatic nitrogens is 2. The van der Waals surface area contributed by atoms with E-state index in [1.165, 1.54) is 24.0 Å². The zero-order chi connectivity index (χ0) is 17.9. The van der Waals surface area contributed by atoms with Gasteiger partial charge >= 0.3 is 0 Å². The van der Waals surface area contributed by atoms with Crippen molar-refractivity contribution in [3.8, 4) is 6.07 Å². The van der Waals surface area contributed by atoms with E-state index in [4.69, 9.17) is 4.74 Å². The first-order valence-electron chi connectivity index (χ1n) is 8.03. The second-order valence-electron chi connectivity index (χ2n) is 6.05. The number of nitriles is 1. The fraction of sp³-hybridized carbons (Fsp3) is 0.412. The number of ether oxygens (including phenoxy) is 1. The Hall–Kier alpha value is -2.21. The van der Waals surface area contributed by atoms with Crippen molar-refractivity contribution >= 4 is 10.0 Å². The predicted octanol–water partition coefficient (Wildman–Crippen LogP) is 1.43. The van der Waals surface area contributed by atoms with Gasteiger partial charge in [0, 0.05) is 26.6 Å². The van der Waals surface area contributed by atoms with E-state index in [-0.39, 0.29) is 11.6 Å². The lowest BCUT2D eigenvalue weighted by molar-refractivity contribution is 0.162. The van der Waals surface area contributed by atoms with Crippen LogP contribution in [0.4, 0.5) is 0 Å². The number of hydrogen-bond acceptors (Lipinski definition) is 5. The van der Waals surface area contributed by atoms with Crippen molar-refractivity contribution in [1.29, 1.82) is 5.26 Å². The van der Waals surface area contributed by atoms with E-state index in [2.05, 4.69) is 11.2 Å². The predicted molar refractivity (Wildman–Crippen MR) is 91.1 cm³/mol. The van der Waals surface area contributed by atoms with Crippen LogP contribution in [0.15, 0.2) is 47.6 Å². The minimum Gasteiger partial charge on any atom is -0.378 e. The standard InChI is InChI=1S/C17H20N4O3S/c1-20(17(13-18)9-12-24-14-17)25(22,23)16-7-10-19-21(16)11-8-15-5-3-2-4-6-15/h2-7,10H,8-9,11-12,14H2,1H3. The lowest BCUT2D eigenvalue weighted by atomic mass is 10.0. The summed E-state index contributed by atoms with van der Waals surface area (Å²) >= 11 is 0. The molecule has 1 aliphatic heterocycles. The number of sulfonamides is 1. The molecule has 8 heteroatoms. The summed E-state index contributed by atoms with van der Waals surface area (Å²) < 4.78 is 33.9. The van der Waals surface area contributed by atoms with Crippen LogP contribution in [0.2, 0.25) is 0 Å². The molecule has 1 atom stereocenters. The first-order chi connectivity index (χ1) is 12.0. The van der Waals surface area contributed by atoms with Crippen LogP contribution >= 0.6 is 0 Å². The van der Waals surface area contributed by atoms with Gasteiger partial charge in [-0.2, -0.15) is 14.7 Å². The van der Waals surface area contributed by atoms with Crippen LogP contribution in [0.25, 0.3) is 0 Å². The summed E-state index contributed by atoms with van der Waals surface area (Å²) in [6.07, 6.45) is 2.49. The maximum Gasteiger partial charge on any atom is 0.261 e. The summed E-state index contributed by atoms with van der Waals surface area (Å²) in [6, 6.07) is 13.4. The van der Waals surface area contributed by atoms with Gasteiger partial charge in [0.2, 0.25) is 0 Å². The van der Waals surface area contributed by atoms with Crippen molar-refractivity contribution in [2.45, 2.75) is 30.0 Å². The molecule has 2 aromatic rings. The highest BCUT2D eigenvalue weighted by atomic mass is 32.2. The molecular weight excluding hydrogens is 340 g/mol. The Labute approximate surface area is 147 Å². The minimum absolute atomic E-state index is 0.0807. The van der Waals surface area contributed by atoms with Crippen LogP contribution < -0.4 is 0 Å². The highest BCUT2D eigenvalue weighted by Crippen LogP contribution is 2.29. The third-order valence-corrected chi connectivity index (χ3v) is 6.52.